The number of allylic oxidation sites excluding steroid dienone is 1. The zero-order valence-corrected chi connectivity index (χ0v) is 16.5. The number of nitrogens with zero attached hydrogens (tertiary/aromatic N) is 2. The zero-order valence-electron chi connectivity index (χ0n) is 14.2. The third kappa shape index (κ3) is 4.55. The Labute approximate surface area is 170 Å². The summed E-state index contributed by atoms with van der Waals surface area (Å²) >= 11 is 13.4. The Morgan fingerprint density at radius 3 is 2.56 bits per heavy atom. The molecule has 0 bridgehead atoms. The van der Waals surface area contributed by atoms with Crippen LogP contribution < -0.4 is 5.32 Å². The van der Waals surface area contributed by atoms with Crippen LogP contribution in [-0.2, 0) is 0 Å². The molecule has 2 aromatic carbocycles. The van der Waals surface area contributed by atoms with Gasteiger partial charge in [-0.3, -0.25) is 4.79 Å². The summed E-state index contributed by atoms with van der Waals surface area (Å²) in [5, 5.41) is 15.9. The Hall–Kier alpha value is -2.65. The third-order valence-electron chi connectivity index (χ3n) is 3.75. The van der Waals surface area contributed by atoms with Gasteiger partial charge in [-0.05, 0) is 43.3 Å². The summed E-state index contributed by atoms with van der Waals surface area (Å²) in [7, 11) is 0. The quantitative estimate of drug-likeness (QED) is 0.393. The molecule has 1 N–H and O–H groups in total. The van der Waals surface area contributed by atoms with Gasteiger partial charge in [0.1, 0.15) is 16.6 Å². The maximum absolute atomic E-state index is 11.3. The van der Waals surface area contributed by atoms with Gasteiger partial charge in [0, 0.05) is 28.4 Å². The lowest BCUT2D eigenvalue weighted by atomic mass is 10.1. The zero-order chi connectivity index (χ0) is 19.4. The number of carbonyl (C=O) groups excluding carboxylic acids is 1. The molecule has 27 heavy (non-hydrogen) atoms. The highest BCUT2D eigenvalue weighted by molar-refractivity contribution is 7.11. The van der Waals surface area contributed by atoms with Gasteiger partial charge < -0.3 is 5.32 Å². The van der Waals surface area contributed by atoms with Gasteiger partial charge in [0.25, 0.3) is 0 Å². The molecule has 4 nitrogen and oxygen atoms in total. The average molecular weight is 414 g/mol. The van der Waals surface area contributed by atoms with Gasteiger partial charge in [-0.25, -0.2) is 4.98 Å². The number of hydrogen-bond acceptors (Lipinski definition) is 5. The highest BCUT2D eigenvalue weighted by Crippen LogP contribution is 2.30. The number of Topliss-reactive ketones (excluding diaryl/α,β-unsaturated/α-hetero) is 1. The van der Waals surface area contributed by atoms with E-state index in [9.17, 15) is 10.1 Å². The van der Waals surface area contributed by atoms with E-state index in [1.807, 2.05) is 11.4 Å². The lowest BCUT2D eigenvalue weighted by Crippen LogP contribution is -1.94. The minimum absolute atomic E-state index is 0.00687. The Kier molecular flexibility index (Phi) is 5.92. The topological polar surface area (TPSA) is 65.8 Å². The summed E-state index contributed by atoms with van der Waals surface area (Å²) < 4.78 is 0. The maximum Gasteiger partial charge on any atom is 0.159 e. The van der Waals surface area contributed by atoms with E-state index >= 15 is 0 Å². The maximum atomic E-state index is 11.3. The minimum atomic E-state index is 0.00687. The summed E-state index contributed by atoms with van der Waals surface area (Å²) in [6, 6.07) is 14.5. The number of nitrogens with one attached hydrogen (secondary N) is 1. The molecule has 3 aromatic rings. The van der Waals surface area contributed by atoms with Crippen molar-refractivity contribution in [2.24, 2.45) is 0 Å². The van der Waals surface area contributed by atoms with Gasteiger partial charge in [-0.15, -0.1) is 11.3 Å². The van der Waals surface area contributed by atoms with Crippen LogP contribution in [0.3, 0.4) is 0 Å². The van der Waals surface area contributed by atoms with Crippen LogP contribution in [0.5, 0.6) is 0 Å². The predicted molar refractivity (Wildman–Crippen MR) is 111 cm³/mol. The number of carbonyl (C=O) groups is 1. The first-order valence-corrected chi connectivity index (χ1v) is 9.50. The van der Waals surface area contributed by atoms with Crippen molar-refractivity contribution in [3.8, 4) is 17.3 Å². The minimum Gasteiger partial charge on any atom is -0.360 e. The van der Waals surface area contributed by atoms with Crippen LogP contribution in [0.1, 0.15) is 22.3 Å². The number of benzene rings is 2. The fraction of sp³-hybridized carbons (Fsp3) is 0.0500. The standard InChI is InChI=1S/C20H13Cl2N3OS/c1-12(26)13-2-5-16(6-3-13)24-10-15(9-23)20-25-19(11-27-20)14-4-7-17(21)18(22)8-14/h2-8,10-11,24H,1H3/b15-10+. The van der Waals surface area contributed by atoms with E-state index < -0.39 is 0 Å². The molecule has 0 unspecified atom stereocenters. The molecule has 7 heteroatoms. The van der Waals surface area contributed by atoms with E-state index in [1.165, 1.54) is 18.3 Å². The van der Waals surface area contributed by atoms with E-state index in [0.29, 0.717) is 26.2 Å². The molecule has 0 aliphatic heterocycles. The third-order valence-corrected chi connectivity index (χ3v) is 5.36. The number of ketones is 1. The number of thiazole rings is 1. The summed E-state index contributed by atoms with van der Waals surface area (Å²) in [6.07, 6.45) is 1.60. The highest BCUT2D eigenvalue weighted by atomic mass is 35.5. The lowest BCUT2D eigenvalue weighted by molar-refractivity contribution is 0.101. The summed E-state index contributed by atoms with van der Waals surface area (Å²) in [4.78, 5) is 15.8. The van der Waals surface area contributed by atoms with E-state index in [2.05, 4.69) is 16.4 Å². The largest absolute Gasteiger partial charge is 0.360 e. The second-order valence-electron chi connectivity index (χ2n) is 5.61. The fourth-order valence-electron chi connectivity index (χ4n) is 2.28. The molecular weight excluding hydrogens is 401 g/mol. The molecule has 0 saturated carbocycles. The Balaban J connectivity index is 1.80. The van der Waals surface area contributed by atoms with E-state index in [-0.39, 0.29) is 5.78 Å². The second-order valence-corrected chi connectivity index (χ2v) is 7.29. The molecule has 1 aromatic heterocycles. The molecule has 0 aliphatic rings. The average Bonchev–Trinajstić information content (AvgIpc) is 3.15. The van der Waals surface area contributed by atoms with Crippen LogP contribution in [0.2, 0.25) is 10.0 Å². The predicted octanol–water partition coefficient (Wildman–Crippen LogP) is 6.30. The van der Waals surface area contributed by atoms with Crippen LogP contribution in [0.25, 0.3) is 16.8 Å². The van der Waals surface area contributed by atoms with E-state index in [1.54, 1.807) is 42.6 Å². The summed E-state index contributed by atoms with van der Waals surface area (Å²) in [5.41, 5.74) is 3.37. The van der Waals surface area contributed by atoms with Crippen LogP contribution in [0.4, 0.5) is 5.69 Å². The molecule has 0 fully saturated rings. The molecule has 0 aliphatic carbocycles. The number of anilines is 1. The van der Waals surface area contributed by atoms with E-state index in [0.717, 1.165) is 16.9 Å². The van der Waals surface area contributed by atoms with Gasteiger partial charge >= 0.3 is 0 Å². The molecule has 3 rings (SSSR count). The van der Waals surface area contributed by atoms with Crippen molar-refractivity contribution in [2.75, 3.05) is 5.32 Å². The van der Waals surface area contributed by atoms with Crippen molar-refractivity contribution in [2.45, 2.75) is 6.92 Å². The SMILES string of the molecule is CC(=O)c1ccc(N/C=C(\C#N)c2nc(-c3ccc(Cl)c(Cl)c3)cs2)cc1. The van der Waals surface area contributed by atoms with Crippen molar-refractivity contribution in [1.29, 1.82) is 5.26 Å². The van der Waals surface area contributed by atoms with Gasteiger partial charge in [0.05, 0.1) is 15.7 Å². The monoisotopic (exact) mass is 413 g/mol. The van der Waals surface area contributed by atoms with Gasteiger partial charge in [0.15, 0.2) is 5.78 Å². The van der Waals surface area contributed by atoms with Crippen molar-refractivity contribution < 1.29 is 4.79 Å². The molecule has 1 heterocycles. The Morgan fingerprint density at radius 1 is 1.19 bits per heavy atom. The van der Waals surface area contributed by atoms with Gasteiger partial charge in [0.2, 0.25) is 0 Å². The number of halogens is 2. The number of hydrogen-bond donors (Lipinski definition) is 1. The fourth-order valence-corrected chi connectivity index (χ4v) is 3.38. The first kappa shape index (κ1) is 19.1. The molecule has 0 spiro atoms. The number of rotatable bonds is 5. The summed E-state index contributed by atoms with van der Waals surface area (Å²) in [6.45, 7) is 1.52. The first-order valence-electron chi connectivity index (χ1n) is 7.87. The van der Waals surface area contributed by atoms with Crippen molar-refractivity contribution in [1.82, 2.24) is 4.98 Å². The molecule has 134 valence electrons. The van der Waals surface area contributed by atoms with Crippen LogP contribution >= 0.6 is 34.5 Å². The smallest absolute Gasteiger partial charge is 0.159 e. The molecule has 0 saturated heterocycles. The highest BCUT2D eigenvalue weighted by Gasteiger charge is 2.10. The van der Waals surface area contributed by atoms with Crippen LogP contribution in [-0.4, -0.2) is 10.8 Å². The molecule has 0 amide bonds. The Morgan fingerprint density at radius 2 is 1.93 bits per heavy atom. The van der Waals surface area contributed by atoms with Crippen molar-refractivity contribution >= 4 is 51.6 Å². The lowest BCUT2D eigenvalue weighted by Gasteiger charge is -2.02. The molecular formula is C20H13Cl2N3OS. The number of nitriles is 1. The second kappa shape index (κ2) is 8.36. The van der Waals surface area contributed by atoms with Crippen molar-refractivity contribution in [3.05, 3.63) is 74.7 Å². The van der Waals surface area contributed by atoms with Crippen LogP contribution in [0.15, 0.2) is 54.0 Å². The van der Waals surface area contributed by atoms with Crippen LogP contribution in [0, 0.1) is 11.3 Å². The van der Waals surface area contributed by atoms with Crippen molar-refractivity contribution in [3.63, 3.8) is 0 Å². The summed E-state index contributed by atoms with van der Waals surface area (Å²) in [5.74, 6) is 0.00687. The van der Waals surface area contributed by atoms with Gasteiger partial charge in [-0.2, -0.15) is 5.26 Å². The van der Waals surface area contributed by atoms with E-state index in [4.69, 9.17) is 23.2 Å². The normalized spacial score (nSPS) is 11.1. The Bertz CT molecular complexity index is 1070. The molecule has 0 atom stereocenters. The van der Waals surface area contributed by atoms with Gasteiger partial charge in [-0.1, -0.05) is 29.3 Å². The first-order chi connectivity index (χ1) is 13.0. The number of aromatic nitrogens is 1. The molecule has 0 radical (unpaired) electrons.